The van der Waals surface area contributed by atoms with Gasteiger partial charge in [0, 0.05) is 17.5 Å². The molecule has 102 valence electrons. The zero-order valence-electron chi connectivity index (χ0n) is 11.5. The number of aryl methyl sites for hydroxylation is 2. The second-order valence-electron chi connectivity index (χ2n) is 5.32. The van der Waals surface area contributed by atoms with Crippen molar-refractivity contribution < 1.29 is 0 Å². The normalized spacial score (nSPS) is 20.2. The minimum absolute atomic E-state index is 0.504. The summed E-state index contributed by atoms with van der Waals surface area (Å²) in [5, 5.41) is 1.62. The van der Waals surface area contributed by atoms with Crippen LogP contribution in [-0.4, -0.2) is 22.6 Å². The number of fused-ring (bicyclic) bond motifs is 1. The van der Waals surface area contributed by atoms with Gasteiger partial charge in [-0.2, -0.15) is 0 Å². The van der Waals surface area contributed by atoms with Gasteiger partial charge in [-0.05, 0) is 45.6 Å². The summed E-state index contributed by atoms with van der Waals surface area (Å²) in [7, 11) is 0. The molecule has 0 aromatic carbocycles. The summed E-state index contributed by atoms with van der Waals surface area (Å²) in [6.45, 7) is 7.48. The van der Waals surface area contributed by atoms with E-state index in [0.29, 0.717) is 11.2 Å². The van der Waals surface area contributed by atoms with Gasteiger partial charge in [0.05, 0.1) is 5.39 Å². The van der Waals surface area contributed by atoms with Gasteiger partial charge in [0.15, 0.2) is 0 Å². The molecule has 0 radical (unpaired) electrons. The highest BCUT2D eigenvalue weighted by molar-refractivity contribution is 7.18. The first-order chi connectivity index (χ1) is 9.08. The van der Waals surface area contributed by atoms with Crippen molar-refractivity contribution in [2.45, 2.75) is 46.1 Å². The predicted octanol–water partition coefficient (Wildman–Crippen LogP) is 4.34. The first-order valence-corrected chi connectivity index (χ1v) is 7.97. The molecular formula is C14H18ClN3S. The molecule has 3 heterocycles. The number of aromatic nitrogens is 2. The molecule has 5 heteroatoms. The first kappa shape index (κ1) is 13.1. The number of rotatable bonds is 1. The number of anilines is 1. The van der Waals surface area contributed by atoms with Crippen molar-refractivity contribution >= 4 is 39.1 Å². The first-order valence-electron chi connectivity index (χ1n) is 6.78. The average molecular weight is 296 g/mol. The molecule has 0 spiro atoms. The fourth-order valence-corrected chi connectivity index (χ4v) is 4.10. The molecule has 0 bridgehead atoms. The molecule has 3 nitrogen and oxygen atoms in total. The van der Waals surface area contributed by atoms with Gasteiger partial charge in [0.25, 0.3) is 0 Å². The van der Waals surface area contributed by atoms with Gasteiger partial charge in [-0.25, -0.2) is 9.97 Å². The van der Waals surface area contributed by atoms with E-state index < -0.39 is 0 Å². The monoisotopic (exact) mass is 295 g/mol. The van der Waals surface area contributed by atoms with Gasteiger partial charge >= 0.3 is 0 Å². The van der Waals surface area contributed by atoms with E-state index in [1.54, 1.807) is 11.3 Å². The molecule has 3 rings (SSSR count). The highest BCUT2D eigenvalue weighted by Crippen LogP contribution is 2.35. The van der Waals surface area contributed by atoms with E-state index in [9.17, 15) is 0 Å². The van der Waals surface area contributed by atoms with Crippen LogP contribution in [0.15, 0.2) is 0 Å². The second kappa shape index (κ2) is 4.91. The SMILES string of the molecule is Cc1sc2nc(N3CCCCC3C)nc(Cl)c2c1C. The smallest absolute Gasteiger partial charge is 0.228 e. The number of piperidine rings is 1. The van der Waals surface area contributed by atoms with Gasteiger partial charge < -0.3 is 4.90 Å². The van der Waals surface area contributed by atoms with E-state index in [1.807, 2.05) is 0 Å². The van der Waals surface area contributed by atoms with Crippen LogP contribution < -0.4 is 4.90 Å². The van der Waals surface area contributed by atoms with Gasteiger partial charge in [-0.1, -0.05) is 11.6 Å². The third-order valence-electron chi connectivity index (χ3n) is 4.03. The maximum Gasteiger partial charge on any atom is 0.228 e. The van der Waals surface area contributed by atoms with E-state index in [-0.39, 0.29) is 0 Å². The third kappa shape index (κ3) is 2.21. The molecule has 0 amide bonds. The van der Waals surface area contributed by atoms with E-state index in [0.717, 1.165) is 22.7 Å². The Labute approximate surface area is 122 Å². The summed E-state index contributed by atoms with van der Waals surface area (Å²) < 4.78 is 0. The molecule has 1 aliphatic rings. The Kier molecular flexibility index (Phi) is 3.39. The zero-order valence-corrected chi connectivity index (χ0v) is 13.1. The van der Waals surface area contributed by atoms with E-state index in [2.05, 4.69) is 30.7 Å². The topological polar surface area (TPSA) is 29.0 Å². The quantitative estimate of drug-likeness (QED) is 0.733. The molecule has 1 aliphatic heterocycles. The summed E-state index contributed by atoms with van der Waals surface area (Å²) >= 11 is 8.09. The zero-order chi connectivity index (χ0) is 13.6. The Balaban J connectivity index is 2.10. The van der Waals surface area contributed by atoms with Crippen LogP contribution in [0.3, 0.4) is 0 Å². The van der Waals surface area contributed by atoms with Crippen LogP contribution in [0.4, 0.5) is 5.95 Å². The molecule has 0 aliphatic carbocycles. The second-order valence-corrected chi connectivity index (χ2v) is 6.88. The summed E-state index contributed by atoms with van der Waals surface area (Å²) in [5.41, 5.74) is 1.21. The Morgan fingerprint density at radius 2 is 2.05 bits per heavy atom. The van der Waals surface area contributed by atoms with Crippen molar-refractivity contribution in [3.63, 3.8) is 0 Å². The molecule has 2 aromatic rings. The fraction of sp³-hybridized carbons (Fsp3) is 0.571. The largest absolute Gasteiger partial charge is 0.338 e. The minimum Gasteiger partial charge on any atom is -0.338 e. The molecule has 1 unspecified atom stereocenters. The van der Waals surface area contributed by atoms with Crippen molar-refractivity contribution in [3.05, 3.63) is 15.6 Å². The van der Waals surface area contributed by atoms with E-state index in [4.69, 9.17) is 16.6 Å². The molecule has 0 N–H and O–H groups in total. The fourth-order valence-electron chi connectivity index (χ4n) is 2.71. The van der Waals surface area contributed by atoms with Crippen molar-refractivity contribution in [1.82, 2.24) is 9.97 Å². The predicted molar refractivity (Wildman–Crippen MR) is 82.6 cm³/mol. The van der Waals surface area contributed by atoms with Gasteiger partial charge in [-0.15, -0.1) is 11.3 Å². The maximum absolute atomic E-state index is 6.38. The Bertz CT molecular complexity index is 623. The lowest BCUT2D eigenvalue weighted by Crippen LogP contribution is -2.38. The van der Waals surface area contributed by atoms with Crippen LogP contribution in [-0.2, 0) is 0 Å². The molecule has 1 atom stereocenters. The van der Waals surface area contributed by atoms with Gasteiger partial charge in [0.2, 0.25) is 5.95 Å². The van der Waals surface area contributed by atoms with Crippen molar-refractivity contribution in [3.8, 4) is 0 Å². The average Bonchev–Trinajstić information content (AvgIpc) is 2.66. The lowest BCUT2D eigenvalue weighted by atomic mass is 10.0. The van der Waals surface area contributed by atoms with Crippen molar-refractivity contribution in [2.75, 3.05) is 11.4 Å². The van der Waals surface area contributed by atoms with Crippen LogP contribution in [0.2, 0.25) is 5.15 Å². The summed E-state index contributed by atoms with van der Waals surface area (Å²) in [4.78, 5) is 13.9. The van der Waals surface area contributed by atoms with Crippen LogP contribution in [0, 0.1) is 13.8 Å². The molecular weight excluding hydrogens is 278 g/mol. The van der Waals surface area contributed by atoms with Crippen molar-refractivity contribution in [1.29, 1.82) is 0 Å². The van der Waals surface area contributed by atoms with Gasteiger partial charge in [-0.3, -0.25) is 0 Å². The third-order valence-corrected chi connectivity index (χ3v) is 5.41. The van der Waals surface area contributed by atoms with Crippen LogP contribution in [0.1, 0.15) is 36.6 Å². The summed E-state index contributed by atoms with van der Waals surface area (Å²) in [5.74, 6) is 0.797. The molecule has 1 fully saturated rings. The standard InChI is InChI=1S/C14H18ClN3S/c1-8-6-4-5-7-18(8)14-16-12(15)11-9(2)10(3)19-13(11)17-14/h8H,4-7H2,1-3H3. The summed E-state index contributed by atoms with van der Waals surface area (Å²) in [6.07, 6.45) is 3.72. The van der Waals surface area contributed by atoms with Crippen LogP contribution >= 0.6 is 22.9 Å². The molecule has 19 heavy (non-hydrogen) atoms. The Hall–Kier alpha value is -0.870. The van der Waals surface area contributed by atoms with Crippen molar-refractivity contribution in [2.24, 2.45) is 0 Å². The Morgan fingerprint density at radius 3 is 2.79 bits per heavy atom. The summed E-state index contributed by atoms with van der Waals surface area (Å²) in [6, 6.07) is 0.504. The number of hydrogen-bond donors (Lipinski definition) is 0. The number of halogens is 1. The minimum atomic E-state index is 0.504. The highest BCUT2D eigenvalue weighted by atomic mass is 35.5. The molecule has 2 aromatic heterocycles. The number of nitrogens with zero attached hydrogens (tertiary/aromatic N) is 3. The molecule has 0 saturated carbocycles. The molecule has 1 saturated heterocycles. The number of thiophene rings is 1. The van der Waals surface area contributed by atoms with Crippen LogP contribution in [0.5, 0.6) is 0 Å². The highest BCUT2D eigenvalue weighted by Gasteiger charge is 2.23. The lowest BCUT2D eigenvalue weighted by Gasteiger charge is -2.33. The number of hydrogen-bond acceptors (Lipinski definition) is 4. The van der Waals surface area contributed by atoms with Crippen LogP contribution in [0.25, 0.3) is 10.2 Å². The van der Waals surface area contributed by atoms with Gasteiger partial charge in [0.1, 0.15) is 9.98 Å². The maximum atomic E-state index is 6.38. The Morgan fingerprint density at radius 1 is 1.26 bits per heavy atom. The lowest BCUT2D eigenvalue weighted by molar-refractivity contribution is 0.477. The van der Waals surface area contributed by atoms with E-state index >= 15 is 0 Å². The van der Waals surface area contributed by atoms with E-state index in [1.165, 1.54) is 29.7 Å².